The highest BCUT2D eigenvalue weighted by atomic mass is 32.2. The van der Waals surface area contributed by atoms with E-state index in [0.29, 0.717) is 37.4 Å². The first kappa shape index (κ1) is 21.7. The van der Waals surface area contributed by atoms with Crippen LogP contribution in [0.15, 0.2) is 71.6 Å². The van der Waals surface area contributed by atoms with Crippen LogP contribution in [0, 0.1) is 6.92 Å². The molecule has 4 rings (SSSR count). The van der Waals surface area contributed by atoms with Crippen LogP contribution in [0.2, 0.25) is 0 Å². The van der Waals surface area contributed by atoms with Gasteiger partial charge in [-0.05, 0) is 67.4 Å². The zero-order valence-corrected chi connectivity index (χ0v) is 18.4. The van der Waals surface area contributed by atoms with Crippen molar-refractivity contribution in [1.29, 1.82) is 0 Å². The molecule has 8 heteroatoms. The molecule has 1 heterocycles. The standard InChI is InChI=1S/C24H24N2O5S/c1-17-2-7-20(8-3-17)26-32(28,29)21-9-5-19(6-10-21)24(27)25-13-12-18-4-11-22-23(16-18)31-15-14-30-22/h2-11,16,26H,12-15H2,1H3,(H,25,27). The second-order valence-corrected chi connectivity index (χ2v) is 9.16. The van der Waals surface area contributed by atoms with Crippen molar-refractivity contribution < 1.29 is 22.7 Å². The normalized spacial score (nSPS) is 12.8. The van der Waals surface area contributed by atoms with E-state index in [0.717, 1.165) is 22.6 Å². The molecule has 1 amide bonds. The molecule has 166 valence electrons. The van der Waals surface area contributed by atoms with Gasteiger partial charge in [-0.3, -0.25) is 9.52 Å². The molecule has 0 saturated carbocycles. The number of hydrogen-bond donors (Lipinski definition) is 2. The fraction of sp³-hybridized carbons (Fsp3) is 0.208. The molecular formula is C24H24N2O5S. The summed E-state index contributed by atoms with van der Waals surface area (Å²) < 4.78 is 38.8. The van der Waals surface area contributed by atoms with Crippen LogP contribution in [0.1, 0.15) is 21.5 Å². The number of carbonyl (C=O) groups excluding carboxylic acids is 1. The predicted molar refractivity (Wildman–Crippen MR) is 122 cm³/mol. The maximum absolute atomic E-state index is 12.6. The number of rotatable bonds is 7. The van der Waals surface area contributed by atoms with Crippen LogP contribution < -0.4 is 19.5 Å². The Morgan fingerprint density at radius 1 is 0.906 bits per heavy atom. The lowest BCUT2D eigenvalue weighted by atomic mass is 10.1. The molecule has 1 aliphatic rings. The van der Waals surface area contributed by atoms with Crippen molar-refractivity contribution in [1.82, 2.24) is 5.32 Å². The molecule has 3 aromatic carbocycles. The van der Waals surface area contributed by atoms with E-state index in [1.54, 1.807) is 12.1 Å². The maximum atomic E-state index is 12.6. The van der Waals surface area contributed by atoms with Gasteiger partial charge < -0.3 is 14.8 Å². The van der Waals surface area contributed by atoms with Crippen LogP contribution in [0.3, 0.4) is 0 Å². The lowest BCUT2D eigenvalue weighted by Gasteiger charge is -2.18. The lowest BCUT2D eigenvalue weighted by molar-refractivity contribution is 0.0954. The number of anilines is 1. The van der Waals surface area contributed by atoms with Crippen molar-refractivity contribution in [2.24, 2.45) is 0 Å². The van der Waals surface area contributed by atoms with Crippen molar-refractivity contribution in [3.8, 4) is 11.5 Å². The monoisotopic (exact) mass is 452 g/mol. The number of aryl methyl sites for hydroxylation is 1. The van der Waals surface area contributed by atoms with Gasteiger partial charge in [-0.25, -0.2) is 8.42 Å². The molecule has 0 spiro atoms. The van der Waals surface area contributed by atoms with Gasteiger partial charge in [0.1, 0.15) is 13.2 Å². The Morgan fingerprint density at radius 2 is 1.59 bits per heavy atom. The number of hydrogen-bond acceptors (Lipinski definition) is 5. The first-order valence-electron chi connectivity index (χ1n) is 10.3. The summed E-state index contributed by atoms with van der Waals surface area (Å²) in [5.74, 6) is 1.19. The lowest BCUT2D eigenvalue weighted by Crippen LogP contribution is -2.25. The molecular weight excluding hydrogens is 428 g/mol. The van der Waals surface area contributed by atoms with Crippen LogP contribution in [-0.2, 0) is 16.4 Å². The van der Waals surface area contributed by atoms with Crippen molar-refractivity contribution >= 4 is 21.6 Å². The Labute approximate surface area is 187 Å². The third-order valence-electron chi connectivity index (χ3n) is 5.04. The Kier molecular flexibility index (Phi) is 6.32. The molecule has 0 unspecified atom stereocenters. The van der Waals surface area contributed by atoms with Crippen molar-refractivity contribution in [2.75, 3.05) is 24.5 Å². The second-order valence-electron chi connectivity index (χ2n) is 7.48. The minimum Gasteiger partial charge on any atom is -0.486 e. The number of benzene rings is 3. The second kappa shape index (κ2) is 9.32. The summed E-state index contributed by atoms with van der Waals surface area (Å²) in [4.78, 5) is 12.5. The van der Waals surface area contributed by atoms with E-state index in [-0.39, 0.29) is 10.8 Å². The average Bonchev–Trinajstić information content (AvgIpc) is 2.80. The van der Waals surface area contributed by atoms with Crippen molar-refractivity contribution in [3.05, 3.63) is 83.4 Å². The molecule has 1 aliphatic heterocycles. The summed E-state index contributed by atoms with van der Waals surface area (Å²) >= 11 is 0. The maximum Gasteiger partial charge on any atom is 0.261 e. The van der Waals surface area contributed by atoms with Crippen LogP contribution in [0.25, 0.3) is 0 Å². The zero-order chi connectivity index (χ0) is 22.6. The number of carbonyl (C=O) groups is 1. The summed E-state index contributed by atoms with van der Waals surface area (Å²) in [6, 6.07) is 18.7. The molecule has 0 atom stereocenters. The molecule has 7 nitrogen and oxygen atoms in total. The Hall–Kier alpha value is -3.52. The van der Waals surface area contributed by atoms with Crippen molar-refractivity contribution in [2.45, 2.75) is 18.2 Å². The molecule has 0 saturated heterocycles. The highest BCUT2D eigenvalue weighted by Crippen LogP contribution is 2.30. The SMILES string of the molecule is Cc1ccc(NS(=O)(=O)c2ccc(C(=O)NCCc3ccc4c(c3)OCCO4)cc2)cc1. The van der Waals surface area contributed by atoms with Gasteiger partial charge in [-0.2, -0.15) is 0 Å². The summed E-state index contributed by atoms with van der Waals surface area (Å²) in [6.07, 6.45) is 0.634. The Bertz CT molecular complexity index is 1210. The van der Waals surface area contributed by atoms with E-state index < -0.39 is 10.0 Å². The number of nitrogens with one attached hydrogen (secondary N) is 2. The van der Waals surface area contributed by atoms with E-state index in [9.17, 15) is 13.2 Å². The third kappa shape index (κ3) is 5.20. The molecule has 2 N–H and O–H groups in total. The van der Waals surface area contributed by atoms with Crippen LogP contribution in [0.5, 0.6) is 11.5 Å². The summed E-state index contributed by atoms with van der Waals surface area (Å²) in [5, 5.41) is 2.85. The Balaban J connectivity index is 1.33. The van der Waals surface area contributed by atoms with Gasteiger partial charge in [-0.1, -0.05) is 23.8 Å². The van der Waals surface area contributed by atoms with Crippen LogP contribution >= 0.6 is 0 Å². The molecule has 3 aromatic rings. The van der Waals surface area contributed by atoms with E-state index in [1.807, 2.05) is 37.3 Å². The number of amides is 1. The smallest absolute Gasteiger partial charge is 0.261 e. The molecule has 0 aromatic heterocycles. The predicted octanol–water partition coefficient (Wildman–Crippen LogP) is 3.54. The number of ether oxygens (including phenoxy) is 2. The third-order valence-corrected chi connectivity index (χ3v) is 6.43. The van der Waals surface area contributed by atoms with Gasteiger partial charge in [0, 0.05) is 17.8 Å². The first-order chi connectivity index (χ1) is 15.4. The number of sulfonamides is 1. The largest absolute Gasteiger partial charge is 0.486 e. The molecule has 32 heavy (non-hydrogen) atoms. The van der Waals surface area contributed by atoms with Crippen LogP contribution in [0.4, 0.5) is 5.69 Å². The van der Waals surface area contributed by atoms with Crippen LogP contribution in [-0.4, -0.2) is 34.1 Å². The fourth-order valence-corrected chi connectivity index (χ4v) is 4.35. The quantitative estimate of drug-likeness (QED) is 0.572. The van der Waals surface area contributed by atoms with E-state index in [2.05, 4.69) is 10.0 Å². The average molecular weight is 453 g/mol. The minimum atomic E-state index is -3.73. The molecule has 0 bridgehead atoms. The van der Waals surface area contributed by atoms with E-state index in [4.69, 9.17) is 9.47 Å². The molecule has 0 radical (unpaired) electrons. The van der Waals surface area contributed by atoms with Gasteiger partial charge in [0.05, 0.1) is 4.90 Å². The van der Waals surface area contributed by atoms with E-state index >= 15 is 0 Å². The van der Waals surface area contributed by atoms with Gasteiger partial charge in [0.25, 0.3) is 15.9 Å². The zero-order valence-electron chi connectivity index (χ0n) is 17.6. The highest BCUT2D eigenvalue weighted by Gasteiger charge is 2.16. The minimum absolute atomic E-state index is 0.0888. The summed E-state index contributed by atoms with van der Waals surface area (Å²) in [6.45, 7) is 3.44. The molecule has 0 fully saturated rings. The van der Waals surface area contributed by atoms with Gasteiger partial charge >= 0.3 is 0 Å². The van der Waals surface area contributed by atoms with Crippen molar-refractivity contribution in [3.63, 3.8) is 0 Å². The van der Waals surface area contributed by atoms with Gasteiger partial charge in [0.2, 0.25) is 0 Å². The number of fused-ring (bicyclic) bond motifs is 1. The molecule has 0 aliphatic carbocycles. The highest BCUT2D eigenvalue weighted by molar-refractivity contribution is 7.92. The first-order valence-corrected chi connectivity index (χ1v) is 11.8. The summed E-state index contributed by atoms with van der Waals surface area (Å²) in [7, 11) is -3.73. The fourth-order valence-electron chi connectivity index (χ4n) is 3.29. The van der Waals surface area contributed by atoms with Gasteiger partial charge in [0.15, 0.2) is 11.5 Å². The summed E-state index contributed by atoms with van der Waals surface area (Å²) in [5.41, 5.74) is 2.94. The topological polar surface area (TPSA) is 93.7 Å². The van der Waals surface area contributed by atoms with Gasteiger partial charge in [-0.15, -0.1) is 0 Å². The Morgan fingerprint density at radius 3 is 2.31 bits per heavy atom. The van der Waals surface area contributed by atoms with E-state index in [1.165, 1.54) is 24.3 Å².